The van der Waals surface area contributed by atoms with Crippen LogP contribution in [0.1, 0.15) is 43.1 Å². The highest BCUT2D eigenvalue weighted by Gasteiger charge is 2.21. The quantitative estimate of drug-likeness (QED) is 0.831. The van der Waals surface area contributed by atoms with E-state index in [9.17, 15) is 9.59 Å². The van der Waals surface area contributed by atoms with Crippen molar-refractivity contribution in [1.82, 2.24) is 10.3 Å². The molecule has 1 heterocycles. The van der Waals surface area contributed by atoms with Gasteiger partial charge in [-0.2, -0.15) is 0 Å². The highest BCUT2D eigenvalue weighted by molar-refractivity contribution is 7.17. The summed E-state index contributed by atoms with van der Waals surface area (Å²) in [6.45, 7) is 9.23. The SMILES string of the molecule is COC(=O)c1sc(NC(C)C(=O)NC(C)(C)C)nc1C. The molecule has 0 radical (unpaired) electrons. The van der Waals surface area contributed by atoms with Crippen molar-refractivity contribution >= 4 is 28.3 Å². The first-order valence-corrected chi connectivity index (χ1v) is 7.10. The summed E-state index contributed by atoms with van der Waals surface area (Å²) in [6.07, 6.45) is 0. The summed E-state index contributed by atoms with van der Waals surface area (Å²) in [5.41, 5.74) is 0.302. The largest absolute Gasteiger partial charge is 0.465 e. The number of carbonyl (C=O) groups is 2. The minimum atomic E-state index is -0.440. The predicted molar refractivity (Wildman–Crippen MR) is 79.2 cm³/mol. The van der Waals surface area contributed by atoms with Crippen molar-refractivity contribution in [2.45, 2.75) is 46.2 Å². The molecule has 0 bridgehead atoms. The van der Waals surface area contributed by atoms with Gasteiger partial charge in [0, 0.05) is 5.54 Å². The number of carbonyl (C=O) groups excluding carboxylic acids is 2. The Morgan fingerprint density at radius 3 is 2.45 bits per heavy atom. The second kappa shape index (κ2) is 6.21. The van der Waals surface area contributed by atoms with Crippen LogP contribution in [0.3, 0.4) is 0 Å². The van der Waals surface area contributed by atoms with Crippen molar-refractivity contribution in [3.63, 3.8) is 0 Å². The van der Waals surface area contributed by atoms with E-state index in [1.54, 1.807) is 13.8 Å². The normalized spacial score (nSPS) is 12.7. The molecule has 1 rings (SSSR count). The average molecular weight is 299 g/mol. The Bertz CT molecular complexity index is 505. The van der Waals surface area contributed by atoms with Gasteiger partial charge in [-0.05, 0) is 34.6 Å². The van der Waals surface area contributed by atoms with Gasteiger partial charge in [-0.15, -0.1) is 0 Å². The summed E-state index contributed by atoms with van der Waals surface area (Å²) >= 11 is 1.18. The van der Waals surface area contributed by atoms with E-state index in [0.717, 1.165) is 0 Å². The maximum Gasteiger partial charge on any atom is 0.350 e. The van der Waals surface area contributed by atoms with Crippen molar-refractivity contribution < 1.29 is 14.3 Å². The van der Waals surface area contributed by atoms with Crippen LogP contribution in [0.2, 0.25) is 0 Å². The topological polar surface area (TPSA) is 80.3 Å². The number of ether oxygens (including phenoxy) is 1. The number of aryl methyl sites for hydroxylation is 1. The maximum absolute atomic E-state index is 12.0. The molecule has 20 heavy (non-hydrogen) atoms. The van der Waals surface area contributed by atoms with E-state index in [2.05, 4.69) is 20.4 Å². The first kappa shape index (κ1) is 16.4. The molecule has 1 atom stereocenters. The fraction of sp³-hybridized carbons (Fsp3) is 0.615. The molecule has 2 N–H and O–H groups in total. The van der Waals surface area contributed by atoms with Gasteiger partial charge in [-0.1, -0.05) is 11.3 Å². The zero-order valence-corrected chi connectivity index (χ0v) is 13.5. The molecule has 0 aliphatic carbocycles. The molecule has 112 valence electrons. The molecule has 0 saturated carbocycles. The van der Waals surface area contributed by atoms with Crippen LogP contribution in [0.25, 0.3) is 0 Å². The van der Waals surface area contributed by atoms with Gasteiger partial charge in [0.1, 0.15) is 10.9 Å². The first-order valence-electron chi connectivity index (χ1n) is 6.28. The summed E-state index contributed by atoms with van der Waals surface area (Å²) < 4.78 is 4.67. The number of nitrogens with one attached hydrogen (secondary N) is 2. The molecule has 0 aromatic carbocycles. The highest BCUT2D eigenvalue weighted by atomic mass is 32.1. The summed E-state index contributed by atoms with van der Waals surface area (Å²) in [6, 6.07) is -0.440. The van der Waals surface area contributed by atoms with Crippen LogP contribution in [0.15, 0.2) is 0 Å². The van der Waals surface area contributed by atoms with E-state index >= 15 is 0 Å². The third-order valence-electron chi connectivity index (χ3n) is 2.40. The van der Waals surface area contributed by atoms with Crippen molar-refractivity contribution in [2.24, 2.45) is 0 Å². The Morgan fingerprint density at radius 2 is 1.95 bits per heavy atom. The molecule has 0 fully saturated rings. The molecular weight excluding hydrogens is 278 g/mol. The van der Waals surface area contributed by atoms with E-state index in [0.29, 0.717) is 15.7 Å². The fourth-order valence-corrected chi connectivity index (χ4v) is 2.44. The standard InChI is InChI=1S/C13H21N3O3S/c1-7-9(11(18)19-6)20-12(14-7)15-8(2)10(17)16-13(3,4)5/h8H,1-6H3,(H,14,15)(H,16,17). The Balaban J connectivity index is 2.74. The van der Waals surface area contributed by atoms with Crippen molar-refractivity contribution in [1.29, 1.82) is 0 Å². The summed E-state index contributed by atoms with van der Waals surface area (Å²) in [7, 11) is 1.33. The van der Waals surface area contributed by atoms with E-state index in [4.69, 9.17) is 0 Å². The van der Waals surface area contributed by atoms with Gasteiger partial charge in [0.15, 0.2) is 5.13 Å². The number of hydrogen-bond acceptors (Lipinski definition) is 6. The molecular formula is C13H21N3O3S. The molecule has 1 aromatic rings. The summed E-state index contributed by atoms with van der Waals surface area (Å²) in [5.74, 6) is -0.537. The number of amides is 1. The Labute approximate surface area is 122 Å². The maximum atomic E-state index is 12.0. The van der Waals surface area contributed by atoms with Gasteiger partial charge in [0.2, 0.25) is 5.91 Å². The summed E-state index contributed by atoms with van der Waals surface area (Å²) in [5, 5.41) is 6.40. The Hall–Kier alpha value is -1.63. The molecule has 0 aliphatic rings. The molecule has 0 saturated heterocycles. The smallest absolute Gasteiger partial charge is 0.350 e. The number of hydrogen-bond donors (Lipinski definition) is 2. The van der Waals surface area contributed by atoms with E-state index in [-0.39, 0.29) is 11.4 Å². The molecule has 1 unspecified atom stereocenters. The van der Waals surface area contributed by atoms with Gasteiger partial charge in [0.25, 0.3) is 0 Å². The third-order valence-corrected chi connectivity index (χ3v) is 3.47. The number of aromatic nitrogens is 1. The zero-order valence-electron chi connectivity index (χ0n) is 12.7. The van der Waals surface area contributed by atoms with Gasteiger partial charge < -0.3 is 15.4 Å². The van der Waals surface area contributed by atoms with Crippen LogP contribution in [0, 0.1) is 6.92 Å². The van der Waals surface area contributed by atoms with E-state index < -0.39 is 12.0 Å². The lowest BCUT2D eigenvalue weighted by Crippen LogP contribution is -2.47. The summed E-state index contributed by atoms with van der Waals surface area (Å²) in [4.78, 5) is 28.1. The third kappa shape index (κ3) is 4.48. The number of anilines is 1. The number of methoxy groups -OCH3 is 1. The van der Waals surface area contributed by atoms with Crippen molar-refractivity contribution in [3.8, 4) is 0 Å². The lowest BCUT2D eigenvalue weighted by atomic mass is 10.1. The molecule has 1 amide bonds. The van der Waals surface area contributed by atoms with Gasteiger partial charge in [0.05, 0.1) is 12.8 Å². The Morgan fingerprint density at radius 1 is 1.35 bits per heavy atom. The van der Waals surface area contributed by atoms with Crippen LogP contribution in [0.4, 0.5) is 5.13 Å². The lowest BCUT2D eigenvalue weighted by molar-refractivity contribution is -0.122. The van der Waals surface area contributed by atoms with Gasteiger partial charge in [-0.25, -0.2) is 9.78 Å². The monoisotopic (exact) mass is 299 g/mol. The minimum Gasteiger partial charge on any atom is -0.465 e. The average Bonchev–Trinajstić information content (AvgIpc) is 2.67. The van der Waals surface area contributed by atoms with Crippen LogP contribution < -0.4 is 10.6 Å². The number of esters is 1. The predicted octanol–water partition coefficient (Wildman–Crippen LogP) is 1.95. The molecule has 1 aromatic heterocycles. The van der Waals surface area contributed by atoms with Crippen LogP contribution >= 0.6 is 11.3 Å². The Kier molecular flexibility index (Phi) is 5.10. The molecule has 0 aliphatic heterocycles. The lowest BCUT2D eigenvalue weighted by Gasteiger charge is -2.23. The van der Waals surface area contributed by atoms with Crippen LogP contribution in [-0.2, 0) is 9.53 Å². The van der Waals surface area contributed by atoms with Crippen molar-refractivity contribution in [2.75, 3.05) is 12.4 Å². The molecule has 6 nitrogen and oxygen atoms in total. The first-order chi connectivity index (χ1) is 9.14. The van der Waals surface area contributed by atoms with Crippen molar-refractivity contribution in [3.05, 3.63) is 10.6 Å². The van der Waals surface area contributed by atoms with E-state index in [1.165, 1.54) is 18.4 Å². The zero-order chi connectivity index (χ0) is 15.5. The van der Waals surface area contributed by atoms with E-state index in [1.807, 2.05) is 20.8 Å². The molecule has 0 spiro atoms. The number of rotatable bonds is 4. The fourth-order valence-electron chi connectivity index (χ4n) is 1.47. The minimum absolute atomic E-state index is 0.120. The van der Waals surface area contributed by atoms with Crippen LogP contribution in [0.5, 0.6) is 0 Å². The number of nitrogens with zero attached hydrogens (tertiary/aromatic N) is 1. The van der Waals surface area contributed by atoms with Gasteiger partial charge in [-0.3, -0.25) is 4.79 Å². The molecule has 7 heteroatoms. The van der Waals surface area contributed by atoms with Crippen LogP contribution in [-0.4, -0.2) is 35.6 Å². The highest BCUT2D eigenvalue weighted by Crippen LogP contribution is 2.23. The second-order valence-electron chi connectivity index (χ2n) is 5.53. The number of thiazole rings is 1. The second-order valence-corrected chi connectivity index (χ2v) is 6.53. The van der Waals surface area contributed by atoms with Gasteiger partial charge >= 0.3 is 5.97 Å².